The van der Waals surface area contributed by atoms with Crippen molar-refractivity contribution in [3.63, 3.8) is 0 Å². The van der Waals surface area contributed by atoms with Crippen LogP contribution in [0.5, 0.6) is 5.75 Å². The fraction of sp³-hybridized carbons (Fsp3) is 0.364. The molecule has 1 rings (SSSR count). The van der Waals surface area contributed by atoms with Gasteiger partial charge in [-0.25, -0.2) is 0 Å². The van der Waals surface area contributed by atoms with Gasteiger partial charge in [0.1, 0.15) is 5.75 Å². The Morgan fingerprint density at radius 3 is 2.64 bits per heavy atom. The lowest BCUT2D eigenvalue weighted by Crippen LogP contribution is -2.08. The number of rotatable bonds is 2. The first-order valence-electron chi connectivity index (χ1n) is 4.64. The van der Waals surface area contributed by atoms with Crippen molar-refractivity contribution in [2.45, 2.75) is 27.2 Å². The number of amides is 1. The van der Waals surface area contributed by atoms with Crippen LogP contribution in [0.4, 0.5) is 5.69 Å². The van der Waals surface area contributed by atoms with Crippen molar-refractivity contribution >= 4 is 11.6 Å². The molecule has 3 nitrogen and oxygen atoms in total. The summed E-state index contributed by atoms with van der Waals surface area (Å²) >= 11 is 0. The van der Waals surface area contributed by atoms with Crippen LogP contribution < -0.4 is 5.32 Å². The van der Waals surface area contributed by atoms with Crippen molar-refractivity contribution in [3.05, 3.63) is 23.3 Å². The Balaban J connectivity index is 3.17. The molecule has 1 amide bonds. The molecule has 1 aromatic carbocycles. The van der Waals surface area contributed by atoms with Gasteiger partial charge in [0.2, 0.25) is 5.91 Å². The van der Waals surface area contributed by atoms with Crippen molar-refractivity contribution in [3.8, 4) is 5.75 Å². The van der Waals surface area contributed by atoms with Crippen LogP contribution in [0.1, 0.15) is 25.0 Å². The Morgan fingerprint density at radius 2 is 2.14 bits per heavy atom. The largest absolute Gasteiger partial charge is 0.508 e. The molecule has 0 aliphatic heterocycles. The maximum absolute atomic E-state index is 10.9. The van der Waals surface area contributed by atoms with Crippen LogP contribution in [0.25, 0.3) is 0 Å². The van der Waals surface area contributed by atoms with Crippen LogP contribution in [0.2, 0.25) is 0 Å². The van der Waals surface area contributed by atoms with E-state index < -0.39 is 0 Å². The Labute approximate surface area is 83.8 Å². The fourth-order valence-corrected chi connectivity index (χ4v) is 1.57. The Morgan fingerprint density at radius 1 is 1.50 bits per heavy atom. The quantitative estimate of drug-likeness (QED) is 0.756. The lowest BCUT2D eigenvalue weighted by Gasteiger charge is -2.11. The zero-order valence-corrected chi connectivity index (χ0v) is 8.72. The third-order valence-electron chi connectivity index (χ3n) is 2.12. The highest BCUT2D eigenvalue weighted by atomic mass is 16.3. The van der Waals surface area contributed by atoms with Crippen LogP contribution in [0.15, 0.2) is 12.1 Å². The van der Waals surface area contributed by atoms with Gasteiger partial charge in [-0.1, -0.05) is 6.92 Å². The molecule has 76 valence electrons. The third kappa shape index (κ3) is 2.25. The Kier molecular flexibility index (Phi) is 3.12. The zero-order chi connectivity index (χ0) is 10.7. The summed E-state index contributed by atoms with van der Waals surface area (Å²) in [5.41, 5.74) is 2.77. The second-order valence-corrected chi connectivity index (χ2v) is 3.32. The second kappa shape index (κ2) is 4.13. The second-order valence-electron chi connectivity index (χ2n) is 3.32. The number of aromatic hydroxyl groups is 1. The molecule has 0 fully saturated rings. The van der Waals surface area contributed by atoms with Gasteiger partial charge in [0.25, 0.3) is 0 Å². The van der Waals surface area contributed by atoms with Crippen LogP contribution >= 0.6 is 0 Å². The molecule has 14 heavy (non-hydrogen) atoms. The standard InChI is InChI=1S/C11H15NO2/c1-4-10-7(2)5-9(14)6-11(10)12-8(3)13/h5-6,14H,4H2,1-3H3,(H,12,13). The van der Waals surface area contributed by atoms with Gasteiger partial charge in [-0.05, 0) is 30.5 Å². The van der Waals surface area contributed by atoms with E-state index in [9.17, 15) is 9.90 Å². The molecule has 0 atom stereocenters. The van der Waals surface area contributed by atoms with Gasteiger partial charge in [-0.15, -0.1) is 0 Å². The Hall–Kier alpha value is -1.51. The van der Waals surface area contributed by atoms with Gasteiger partial charge in [-0.2, -0.15) is 0 Å². The molecule has 2 N–H and O–H groups in total. The lowest BCUT2D eigenvalue weighted by molar-refractivity contribution is -0.114. The minimum absolute atomic E-state index is 0.121. The smallest absolute Gasteiger partial charge is 0.221 e. The summed E-state index contributed by atoms with van der Waals surface area (Å²) in [6, 6.07) is 3.28. The molecule has 0 bridgehead atoms. The van der Waals surface area contributed by atoms with E-state index in [0.29, 0.717) is 5.69 Å². The van der Waals surface area contributed by atoms with Gasteiger partial charge < -0.3 is 10.4 Å². The summed E-state index contributed by atoms with van der Waals surface area (Å²) in [6.45, 7) is 5.40. The van der Waals surface area contributed by atoms with E-state index in [1.807, 2.05) is 13.8 Å². The van der Waals surface area contributed by atoms with Crippen LogP contribution in [-0.4, -0.2) is 11.0 Å². The van der Waals surface area contributed by atoms with Crippen LogP contribution in [0.3, 0.4) is 0 Å². The highest BCUT2D eigenvalue weighted by Gasteiger charge is 2.07. The summed E-state index contributed by atoms with van der Waals surface area (Å²) in [5, 5.41) is 12.1. The van der Waals surface area contributed by atoms with Gasteiger partial charge in [0, 0.05) is 18.7 Å². The van der Waals surface area contributed by atoms with Crippen LogP contribution in [0, 0.1) is 6.92 Å². The highest BCUT2D eigenvalue weighted by molar-refractivity contribution is 5.90. The topological polar surface area (TPSA) is 49.3 Å². The van der Waals surface area contributed by atoms with E-state index >= 15 is 0 Å². The average Bonchev–Trinajstić information content (AvgIpc) is 2.01. The number of aryl methyl sites for hydroxylation is 1. The summed E-state index contributed by atoms with van der Waals surface area (Å²) in [5.74, 6) is 0.0631. The Bertz CT molecular complexity index is 359. The number of carbonyl (C=O) groups is 1. The number of phenols is 1. The lowest BCUT2D eigenvalue weighted by atomic mass is 10.0. The van der Waals surface area contributed by atoms with E-state index in [1.54, 1.807) is 12.1 Å². The monoisotopic (exact) mass is 193 g/mol. The first kappa shape index (κ1) is 10.6. The average molecular weight is 193 g/mol. The first-order chi connectivity index (χ1) is 6.54. The highest BCUT2D eigenvalue weighted by Crippen LogP contribution is 2.26. The minimum Gasteiger partial charge on any atom is -0.508 e. The molecular formula is C11H15NO2. The number of hydrogen-bond donors (Lipinski definition) is 2. The summed E-state index contributed by atoms with van der Waals surface area (Å²) in [4.78, 5) is 10.9. The van der Waals surface area contributed by atoms with Gasteiger partial charge in [0.15, 0.2) is 0 Å². The van der Waals surface area contributed by atoms with Gasteiger partial charge in [-0.3, -0.25) is 4.79 Å². The van der Waals surface area contributed by atoms with E-state index in [2.05, 4.69) is 5.32 Å². The molecule has 0 aliphatic carbocycles. The van der Waals surface area contributed by atoms with Crippen molar-refractivity contribution < 1.29 is 9.90 Å². The van der Waals surface area contributed by atoms with Crippen molar-refractivity contribution in [2.24, 2.45) is 0 Å². The van der Waals surface area contributed by atoms with Crippen molar-refractivity contribution in [1.29, 1.82) is 0 Å². The summed E-state index contributed by atoms with van der Waals surface area (Å²) < 4.78 is 0. The number of phenolic OH excluding ortho intramolecular Hbond substituents is 1. The molecule has 0 unspecified atom stereocenters. The molecule has 1 aromatic rings. The molecule has 0 saturated heterocycles. The SMILES string of the molecule is CCc1c(C)cc(O)cc1NC(C)=O. The van der Waals surface area contributed by atoms with E-state index in [0.717, 1.165) is 17.5 Å². The maximum atomic E-state index is 10.9. The molecule has 0 heterocycles. The number of anilines is 1. The number of nitrogens with one attached hydrogen (secondary N) is 1. The van der Waals surface area contributed by atoms with Gasteiger partial charge in [0.05, 0.1) is 0 Å². The molecule has 0 spiro atoms. The predicted octanol–water partition coefficient (Wildman–Crippen LogP) is 2.22. The van der Waals surface area contributed by atoms with E-state index in [-0.39, 0.29) is 11.7 Å². The number of hydrogen-bond acceptors (Lipinski definition) is 2. The normalized spacial score (nSPS) is 9.93. The first-order valence-corrected chi connectivity index (χ1v) is 4.64. The molecule has 0 aliphatic rings. The molecule has 0 saturated carbocycles. The third-order valence-corrected chi connectivity index (χ3v) is 2.12. The zero-order valence-electron chi connectivity index (χ0n) is 8.72. The molecule has 3 heteroatoms. The number of carbonyl (C=O) groups excluding carboxylic acids is 1. The molecular weight excluding hydrogens is 178 g/mol. The number of benzene rings is 1. The molecule has 0 aromatic heterocycles. The summed E-state index contributed by atoms with van der Waals surface area (Å²) in [7, 11) is 0. The fourth-order valence-electron chi connectivity index (χ4n) is 1.57. The van der Waals surface area contributed by atoms with Crippen LogP contribution in [-0.2, 0) is 11.2 Å². The summed E-state index contributed by atoms with van der Waals surface area (Å²) in [6.07, 6.45) is 0.835. The van der Waals surface area contributed by atoms with Gasteiger partial charge >= 0.3 is 0 Å². The minimum atomic E-state index is -0.121. The molecule has 0 radical (unpaired) electrons. The van der Waals surface area contributed by atoms with Crippen molar-refractivity contribution in [2.75, 3.05) is 5.32 Å². The van der Waals surface area contributed by atoms with Crippen molar-refractivity contribution in [1.82, 2.24) is 0 Å². The van der Waals surface area contributed by atoms with E-state index in [1.165, 1.54) is 6.92 Å². The maximum Gasteiger partial charge on any atom is 0.221 e. The van der Waals surface area contributed by atoms with E-state index in [4.69, 9.17) is 0 Å². The predicted molar refractivity (Wildman–Crippen MR) is 56.5 cm³/mol.